The molecule has 10 heteroatoms. The normalized spacial score (nSPS) is 15.7. The van der Waals surface area contributed by atoms with E-state index in [9.17, 15) is 26.7 Å². The summed E-state index contributed by atoms with van der Waals surface area (Å²) < 4.78 is 73.4. The Labute approximate surface area is 150 Å². The van der Waals surface area contributed by atoms with Crippen LogP contribution in [0.1, 0.15) is 12.7 Å². The van der Waals surface area contributed by atoms with Crippen LogP contribution in [0, 0.1) is 29.1 Å². The minimum absolute atomic E-state index is 0.0201. The number of furan rings is 1. The van der Waals surface area contributed by atoms with E-state index in [-0.39, 0.29) is 22.1 Å². The molecule has 0 atom stereocenters. The first kappa shape index (κ1) is 18.6. The molecule has 1 amide bonds. The fourth-order valence-electron chi connectivity index (χ4n) is 2.42. The second-order valence-electron chi connectivity index (χ2n) is 5.85. The minimum Gasteiger partial charge on any atom is -0.441 e. The Morgan fingerprint density at radius 2 is 1.56 bits per heavy atom. The number of rotatable bonds is 3. The smallest absolute Gasteiger partial charge is 0.280 e. The maximum atomic E-state index is 14.0. The molecular formula is C17H12F5N3O2. The van der Waals surface area contributed by atoms with Gasteiger partial charge in [0.1, 0.15) is 11.4 Å². The van der Waals surface area contributed by atoms with Crippen LogP contribution in [-0.4, -0.2) is 25.7 Å². The zero-order chi connectivity index (χ0) is 20.0. The summed E-state index contributed by atoms with van der Waals surface area (Å²) >= 11 is 0. The molecule has 2 aromatic rings. The van der Waals surface area contributed by atoms with Crippen LogP contribution in [0.2, 0.25) is 0 Å². The number of hydrazone groups is 1. The van der Waals surface area contributed by atoms with Crippen LogP contribution in [-0.2, 0) is 4.79 Å². The van der Waals surface area contributed by atoms with Gasteiger partial charge in [-0.25, -0.2) is 22.0 Å². The number of hydrogen-bond acceptors (Lipinski definition) is 4. The van der Waals surface area contributed by atoms with E-state index in [1.54, 1.807) is 31.1 Å². The highest BCUT2D eigenvalue weighted by Crippen LogP contribution is 2.34. The van der Waals surface area contributed by atoms with Gasteiger partial charge in [0.15, 0.2) is 29.2 Å². The highest BCUT2D eigenvalue weighted by Gasteiger charge is 2.37. The van der Waals surface area contributed by atoms with Crippen molar-refractivity contribution in [1.29, 1.82) is 0 Å². The Kier molecular flexibility index (Phi) is 4.50. The Bertz CT molecular complexity index is 981. The molecule has 27 heavy (non-hydrogen) atoms. The van der Waals surface area contributed by atoms with E-state index in [1.807, 2.05) is 0 Å². The number of carbonyl (C=O) groups excluding carboxylic acids is 1. The lowest BCUT2D eigenvalue weighted by atomic mass is 10.1. The van der Waals surface area contributed by atoms with E-state index in [4.69, 9.17) is 4.42 Å². The molecule has 0 radical (unpaired) electrons. The summed E-state index contributed by atoms with van der Waals surface area (Å²) in [6, 6.07) is 3.17. The molecule has 2 heterocycles. The van der Waals surface area contributed by atoms with Crippen LogP contribution in [0.3, 0.4) is 0 Å². The zero-order valence-electron chi connectivity index (χ0n) is 14.3. The fraction of sp³-hybridized carbons (Fsp3) is 0.176. The molecule has 0 fully saturated rings. The van der Waals surface area contributed by atoms with Crippen LogP contribution in [0.25, 0.3) is 6.08 Å². The highest BCUT2D eigenvalue weighted by atomic mass is 19.2. The van der Waals surface area contributed by atoms with Crippen molar-refractivity contribution in [3.8, 4) is 0 Å². The molecule has 5 nitrogen and oxygen atoms in total. The first-order valence-electron chi connectivity index (χ1n) is 7.53. The third-order valence-corrected chi connectivity index (χ3v) is 3.80. The van der Waals surface area contributed by atoms with Crippen molar-refractivity contribution in [3.63, 3.8) is 0 Å². The number of halogens is 5. The molecule has 1 aromatic carbocycles. The molecule has 142 valence electrons. The first-order valence-corrected chi connectivity index (χ1v) is 7.53. The number of nitrogens with zero attached hydrogens (tertiary/aromatic N) is 3. The number of benzene rings is 1. The third-order valence-electron chi connectivity index (χ3n) is 3.80. The van der Waals surface area contributed by atoms with Gasteiger partial charge in [0.25, 0.3) is 5.91 Å². The summed E-state index contributed by atoms with van der Waals surface area (Å²) in [4.78, 5) is 14.2. The summed E-state index contributed by atoms with van der Waals surface area (Å²) in [5, 5.41) is 3.78. The standard InChI is InChI=1S/C17H12F5N3O2/c1-7-9(6-8-4-5-10(27-8)24(2)3)17(26)25(23-7)16-14(21)12(19)11(18)13(20)15(16)22/h4-6H,1-3H3/b9-6+. The SMILES string of the molecule is CC1=NN(c2c(F)c(F)c(F)c(F)c2F)C(=O)/C1=C/c1ccc(N(C)C)o1. The molecule has 0 spiro atoms. The van der Waals surface area contributed by atoms with Crippen molar-refractivity contribution in [1.82, 2.24) is 0 Å². The van der Waals surface area contributed by atoms with E-state index in [2.05, 4.69) is 5.10 Å². The fourth-order valence-corrected chi connectivity index (χ4v) is 2.42. The van der Waals surface area contributed by atoms with Gasteiger partial charge in [-0.15, -0.1) is 0 Å². The van der Waals surface area contributed by atoms with E-state index in [0.29, 0.717) is 5.88 Å². The van der Waals surface area contributed by atoms with Crippen LogP contribution < -0.4 is 9.91 Å². The third kappa shape index (κ3) is 2.96. The predicted molar refractivity (Wildman–Crippen MR) is 87.8 cm³/mol. The van der Waals surface area contributed by atoms with E-state index in [0.717, 1.165) is 0 Å². The maximum Gasteiger partial charge on any atom is 0.280 e. The number of anilines is 2. The molecule has 0 aliphatic carbocycles. The largest absolute Gasteiger partial charge is 0.441 e. The van der Waals surface area contributed by atoms with Gasteiger partial charge in [-0.1, -0.05) is 0 Å². The molecule has 1 aliphatic rings. The lowest BCUT2D eigenvalue weighted by Gasteiger charge is -2.15. The van der Waals surface area contributed by atoms with Gasteiger partial charge in [-0.3, -0.25) is 4.79 Å². The lowest BCUT2D eigenvalue weighted by Crippen LogP contribution is -2.25. The Balaban J connectivity index is 2.05. The van der Waals surface area contributed by atoms with Crippen molar-refractivity contribution >= 4 is 29.3 Å². The predicted octanol–water partition coefficient (Wildman–Crippen LogP) is 3.85. The summed E-state index contributed by atoms with van der Waals surface area (Å²) in [5.74, 6) is -11.3. The van der Waals surface area contributed by atoms with Crippen LogP contribution in [0.5, 0.6) is 0 Å². The van der Waals surface area contributed by atoms with Gasteiger partial charge in [0.2, 0.25) is 5.82 Å². The van der Waals surface area contributed by atoms with Crippen molar-refractivity contribution < 1.29 is 31.2 Å². The molecule has 0 saturated heterocycles. The Hall–Kier alpha value is -3.17. The summed E-state index contributed by atoms with van der Waals surface area (Å²) in [7, 11) is 3.46. The van der Waals surface area contributed by atoms with E-state index < -0.39 is 40.7 Å². The first-order chi connectivity index (χ1) is 12.6. The molecule has 1 aromatic heterocycles. The molecule has 1 aliphatic heterocycles. The van der Waals surface area contributed by atoms with Crippen molar-refractivity contribution in [3.05, 3.63) is 52.6 Å². The van der Waals surface area contributed by atoms with Gasteiger partial charge in [0.05, 0.1) is 11.3 Å². The summed E-state index contributed by atoms with van der Waals surface area (Å²) in [6.07, 6.45) is 1.26. The Morgan fingerprint density at radius 1 is 1.00 bits per heavy atom. The second kappa shape index (κ2) is 6.53. The molecule has 0 N–H and O–H groups in total. The van der Waals surface area contributed by atoms with Gasteiger partial charge in [-0.05, 0) is 19.1 Å². The van der Waals surface area contributed by atoms with Crippen molar-refractivity contribution in [2.45, 2.75) is 6.92 Å². The molecule has 0 unspecified atom stereocenters. The molecule has 3 rings (SSSR count). The van der Waals surface area contributed by atoms with E-state index in [1.165, 1.54) is 13.0 Å². The Morgan fingerprint density at radius 3 is 2.07 bits per heavy atom. The molecule has 0 saturated carbocycles. The van der Waals surface area contributed by atoms with Gasteiger partial charge in [0, 0.05) is 20.2 Å². The highest BCUT2D eigenvalue weighted by molar-refractivity contribution is 6.32. The summed E-state index contributed by atoms with van der Waals surface area (Å²) in [5.41, 5.74) is -1.53. The van der Waals surface area contributed by atoms with Crippen LogP contribution in [0.15, 0.2) is 27.2 Å². The second-order valence-corrected chi connectivity index (χ2v) is 5.85. The topological polar surface area (TPSA) is 49.1 Å². The molecule has 0 bridgehead atoms. The monoisotopic (exact) mass is 385 g/mol. The average Bonchev–Trinajstić information content (AvgIpc) is 3.19. The van der Waals surface area contributed by atoms with Crippen LogP contribution >= 0.6 is 0 Å². The number of carbonyl (C=O) groups is 1. The zero-order valence-corrected chi connectivity index (χ0v) is 14.3. The average molecular weight is 385 g/mol. The maximum absolute atomic E-state index is 14.0. The van der Waals surface area contributed by atoms with Gasteiger partial charge in [-0.2, -0.15) is 10.1 Å². The summed E-state index contributed by atoms with van der Waals surface area (Å²) in [6.45, 7) is 1.35. The van der Waals surface area contributed by atoms with Crippen molar-refractivity contribution in [2.75, 3.05) is 24.0 Å². The lowest BCUT2D eigenvalue weighted by molar-refractivity contribution is -0.114. The quantitative estimate of drug-likeness (QED) is 0.349. The van der Waals surface area contributed by atoms with Gasteiger partial charge < -0.3 is 9.32 Å². The molecular weight excluding hydrogens is 373 g/mol. The van der Waals surface area contributed by atoms with Gasteiger partial charge >= 0.3 is 0 Å². The minimum atomic E-state index is -2.32. The number of hydrogen-bond donors (Lipinski definition) is 0. The van der Waals surface area contributed by atoms with E-state index >= 15 is 0 Å². The van der Waals surface area contributed by atoms with Crippen LogP contribution in [0.4, 0.5) is 33.5 Å². The number of amides is 1. The van der Waals surface area contributed by atoms with Crippen molar-refractivity contribution in [2.24, 2.45) is 5.10 Å².